The van der Waals surface area contributed by atoms with Gasteiger partial charge in [0.1, 0.15) is 24.4 Å². The molecular weight excluding hydrogens is 334 g/mol. The SMILES string of the molecule is Cc1cc(C)c(S(=O)(=O)NC[C@H]2O[C@@H](C)[C@@H](O)[C@@H](O)[C@@H]2O)c(C)c1. The van der Waals surface area contributed by atoms with Crippen molar-refractivity contribution in [1.29, 1.82) is 0 Å². The van der Waals surface area contributed by atoms with E-state index >= 15 is 0 Å². The molecule has 0 unspecified atom stereocenters. The number of hydrogen-bond acceptors (Lipinski definition) is 6. The molecule has 1 aromatic carbocycles. The number of hydrogen-bond donors (Lipinski definition) is 4. The first-order valence-corrected chi connectivity index (χ1v) is 9.30. The van der Waals surface area contributed by atoms with Crippen molar-refractivity contribution < 1.29 is 28.5 Å². The summed E-state index contributed by atoms with van der Waals surface area (Å²) >= 11 is 0. The van der Waals surface area contributed by atoms with Crippen LogP contribution in [0, 0.1) is 20.8 Å². The average Bonchev–Trinajstić information content (AvgIpc) is 2.46. The van der Waals surface area contributed by atoms with Crippen LogP contribution in [0.3, 0.4) is 0 Å². The molecule has 1 aliphatic rings. The summed E-state index contributed by atoms with van der Waals surface area (Å²) in [6, 6.07) is 3.57. The summed E-state index contributed by atoms with van der Waals surface area (Å²) in [6.07, 6.45) is -5.63. The molecule has 0 amide bonds. The first-order chi connectivity index (χ1) is 11.0. The van der Waals surface area contributed by atoms with E-state index < -0.39 is 40.5 Å². The highest BCUT2D eigenvalue weighted by Crippen LogP contribution is 2.23. The Morgan fingerprint density at radius 1 is 1.04 bits per heavy atom. The van der Waals surface area contributed by atoms with Gasteiger partial charge in [0.2, 0.25) is 10.0 Å². The van der Waals surface area contributed by atoms with Gasteiger partial charge in [-0.2, -0.15) is 0 Å². The third-order valence-corrected chi connectivity index (χ3v) is 6.03. The smallest absolute Gasteiger partial charge is 0.241 e. The Morgan fingerprint density at radius 3 is 2.12 bits per heavy atom. The molecule has 1 heterocycles. The van der Waals surface area contributed by atoms with E-state index in [2.05, 4.69) is 4.72 Å². The quantitative estimate of drug-likeness (QED) is 0.590. The number of aliphatic hydroxyl groups excluding tert-OH is 3. The van der Waals surface area contributed by atoms with Crippen molar-refractivity contribution in [3.05, 3.63) is 28.8 Å². The summed E-state index contributed by atoms with van der Waals surface area (Å²) in [5, 5.41) is 29.4. The molecule has 0 spiro atoms. The molecule has 1 aliphatic heterocycles. The van der Waals surface area contributed by atoms with Crippen molar-refractivity contribution in [3.8, 4) is 0 Å². The first kappa shape index (κ1) is 19.3. The zero-order valence-corrected chi connectivity index (χ0v) is 15.0. The molecule has 7 nitrogen and oxygen atoms in total. The van der Waals surface area contributed by atoms with Gasteiger partial charge in [-0.25, -0.2) is 13.1 Å². The molecular formula is C16H25NO6S. The Morgan fingerprint density at radius 2 is 1.58 bits per heavy atom. The summed E-state index contributed by atoms with van der Waals surface area (Å²) in [4.78, 5) is 0.201. The van der Waals surface area contributed by atoms with Crippen LogP contribution >= 0.6 is 0 Å². The highest BCUT2D eigenvalue weighted by molar-refractivity contribution is 7.89. The third kappa shape index (κ3) is 3.79. The number of aryl methyl sites for hydroxylation is 3. The lowest BCUT2D eigenvalue weighted by Crippen LogP contribution is -2.59. The number of nitrogens with one attached hydrogen (secondary N) is 1. The lowest BCUT2D eigenvalue weighted by atomic mass is 9.96. The van der Waals surface area contributed by atoms with Gasteiger partial charge in [0.15, 0.2) is 0 Å². The minimum atomic E-state index is -3.79. The second-order valence-electron chi connectivity index (χ2n) is 6.43. The van der Waals surface area contributed by atoms with Crippen molar-refractivity contribution in [2.24, 2.45) is 0 Å². The van der Waals surface area contributed by atoms with E-state index in [1.165, 1.54) is 0 Å². The predicted octanol–water partition coefficient (Wildman–Crippen LogP) is -0.240. The maximum Gasteiger partial charge on any atom is 0.241 e. The van der Waals surface area contributed by atoms with Gasteiger partial charge >= 0.3 is 0 Å². The van der Waals surface area contributed by atoms with E-state index in [1.807, 2.05) is 6.92 Å². The molecule has 0 aromatic heterocycles. The van der Waals surface area contributed by atoms with Crippen LogP contribution in [0.5, 0.6) is 0 Å². The van der Waals surface area contributed by atoms with Gasteiger partial charge in [-0.15, -0.1) is 0 Å². The Labute approximate surface area is 142 Å². The number of benzene rings is 1. The van der Waals surface area contributed by atoms with Crippen LogP contribution in [-0.2, 0) is 14.8 Å². The molecule has 136 valence electrons. The number of sulfonamides is 1. The molecule has 4 N–H and O–H groups in total. The minimum absolute atomic E-state index is 0.201. The maximum atomic E-state index is 12.6. The molecule has 1 fully saturated rings. The van der Waals surface area contributed by atoms with Gasteiger partial charge in [0.05, 0.1) is 11.0 Å². The Hall–Kier alpha value is -1.03. The standard InChI is InChI=1S/C16H25NO6S/c1-8-5-9(2)16(10(3)6-8)24(21,22)17-7-12-14(19)15(20)13(18)11(4)23-12/h5-6,11-15,17-20H,7H2,1-4H3/t11-,12+,13+,14+,15+/m0/s1. The fraction of sp³-hybridized carbons (Fsp3) is 0.625. The zero-order valence-electron chi connectivity index (χ0n) is 14.2. The van der Waals surface area contributed by atoms with Gasteiger partial charge in [-0.1, -0.05) is 17.7 Å². The van der Waals surface area contributed by atoms with Gasteiger partial charge in [0, 0.05) is 6.54 Å². The fourth-order valence-corrected chi connectivity index (χ4v) is 4.65. The second kappa shape index (κ2) is 7.07. The molecule has 2 rings (SSSR count). The molecule has 0 aliphatic carbocycles. The van der Waals surface area contributed by atoms with E-state index in [0.717, 1.165) is 5.56 Å². The number of rotatable bonds is 4. The van der Waals surface area contributed by atoms with Crippen LogP contribution in [0.1, 0.15) is 23.6 Å². The van der Waals surface area contributed by atoms with Crippen LogP contribution in [-0.4, -0.2) is 60.8 Å². The van der Waals surface area contributed by atoms with Crippen molar-refractivity contribution in [3.63, 3.8) is 0 Å². The highest BCUT2D eigenvalue weighted by atomic mass is 32.2. The highest BCUT2D eigenvalue weighted by Gasteiger charge is 2.42. The third-order valence-electron chi connectivity index (χ3n) is 4.30. The lowest BCUT2D eigenvalue weighted by molar-refractivity contribution is -0.214. The molecule has 1 aromatic rings. The van der Waals surface area contributed by atoms with Crippen LogP contribution in [0.4, 0.5) is 0 Å². The monoisotopic (exact) mass is 359 g/mol. The van der Waals surface area contributed by atoms with Gasteiger partial charge in [-0.3, -0.25) is 0 Å². The van der Waals surface area contributed by atoms with Gasteiger partial charge in [0.25, 0.3) is 0 Å². The van der Waals surface area contributed by atoms with Crippen LogP contribution in [0.25, 0.3) is 0 Å². The second-order valence-corrected chi connectivity index (χ2v) is 8.13. The first-order valence-electron chi connectivity index (χ1n) is 7.81. The van der Waals surface area contributed by atoms with Crippen LogP contribution in [0.2, 0.25) is 0 Å². The Balaban J connectivity index is 2.17. The van der Waals surface area contributed by atoms with E-state index in [-0.39, 0.29) is 11.4 Å². The molecule has 0 bridgehead atoms. The largest absolute Gasteiger partial charge is 0.388 e. The molecule has 24 heavy (non-hydrogen) atoms. The minimum Gasteiger partial charge on any atom is -0.388 e. The molecule has 1 saturated heterocycles. The summed E-state index contributed by atoms with van der Waals surface area (Å²) < 4.78 is 33.0. The summed E-state index contributed by atoms with van der Waals surface area (Å²) in [5.74, 6) is 0. The molecule has 0 radical (unpaired) electrons. The van der Waals surface area contributed by atoms with Crippen molar-refractivity contribution in [2.45, 2.75) is 63.1 Å². The fourth-order valence-electron chi connectivity index (χ4n) is 3.16. The summed E-state index contributed by atoms with van der Waals surface area (Å²) in [5.41, 5.74) is 2.24. The molecule has 5 atom stereocenters. The Kier molecular flexibility index (Phi) is 5.68. The molecule has 0 saturated carbocycles. The topological polar surface area (TPSA) is 116 Å². The van der Waals surface area contributed by atoms with Crippen LogP contribution in [0.15, 0.2) is 17.0 Å². The van der Waals surface area contributed by atoms with Crippen molar-refractivity contribution >= 4 is 10.0 Å². The van der Waals surface area contributed by atoms with Crippen LogP contribution < -0.4 is 4.72 Å². The van der Waals surface area contributed by atoms with Crippen molar-refractivity contribution in [2.75, 3.05) is 6.54 Å². The molecule has 8 heteroatoms. The number of ether oxygens (including phenoxy) is 1. The Bertz CT molecular complexity index is 682. The average molecular weight is 359 g/mol. The predicted molar refractivity (Wildman–Crippen MR) is 88.2 cm³/mol. The lowest BCUT2D eigenvalue weighted by Gasteiger charge is -2.39. The van der Waals surface area contributed by atoms with E-state index in [4.69, 9.17) is 4.74 Å². The van der Waals surface area contributed by atoms with E-state index in [0.29, 0.717) is 11.1 Å². The van der Waals surface area contributed by atoms with E-state index in [1.54, 1.807) is 32.9 Å². The normalized spacial score (nSPS) is 31.2. The van der Waals surface area contributed by atoms with Gasteiger partial charge in [-0.05, 0) is 38.8 Å². The zero-order chi connectivity index (χ0) is 18.2. The van der Waals surface area contributed by atoms with E-state index in [9.17, 15) is 23.7 Å². The van der Waals surface area contributed by atoms with Gasteiger partial charge < -0.3 is 20.1 Å². The number of aliphatic hydroxyl groups is 3. The van der Waals surface area contributed by atoms with Crippen molar-refractivity contribution in [1.82, 2.24) is 4.72 Å². The maximum absolute atomic E-state index is 12.6. The summed E-state index contributed by atoms with van der Waals surface area (Å²) in [6.45, 7) is 6.69. The summed E-state index contributed by atoms with van der Waals surface area (Å²) in [7, 11) is -3.79.